The van der Waals surface area contributed by atoms with Gasteiger partial charge in [-0.2, -0.15) is 0 Å². The maximum absolute atomic E-state index is 12.1. The number of fused-ring (bicyclic) bond motifs is 1. The Morgan fingerprint density at radius 3 is 2.69 bits per heavy atom. The van der Waals surface area contributed by atoms with Crippen molar-refractivity contribution in [1.82, 2.24) is 10.3 Å². The lowest BCUT2D eigenvalue weighted by molar-refractivity contribution is -0.120. The van der Waals surface area contributed by atoms with Gasteiger partial charge in [0.15, 0.2) is 11.5 Å². The smallest absolute Gasteiger partial charge is 0.224 e. The Labute approximate surface area is 169 Å². The van der Waals surface area contributed by atoms with Crippen LogP contribution in [0, 0.1) is 0 Å². The molecule has 0 radical (unpaired) electrons. The fraction of sp³-hybridized carbons (Fsp3) is 0.217. The van der Waals surface area contributed by atoms with Gasteiger partial charge < -0.3 is 19.5 Å². The SMILES string of the molecule is O=C(Cc1ccncc1)NCC1COc2ccc(OCc3ccccc3)cc2O1. The number of carbonyl (C=O) groups is 1. The molecular weight excluding hydrogens is 368 g/mol. The van der Waals surface area contributed by atoms with Crippen molar-refractivity contribution in [3.05, 3.63) is 84.2 Å². The molecule has 3 aromatic rings. The van der Waals surface area contributed by atoms with Gasteiger partial charge in [0.25, 0.3) is 0 Å². The summed E-state index contributed by atoms with van der Waals surface area (Å²) in [5, 5.41) is 2.90. The van der Waals surface area contributed by atoms with Crippen LogP contribution in [0.15, 0.2) is 73.1 Å². The van der Waals surface area contributed by atoms with Gasteiger partial charge in [0, 0.05) is 18.5 Å². The highest BCUT2D eigenvalue weighted by Gasteiger charge is 2.22. The first kappa shape index (κ1) is 18.8. The minimum atomic E-state index is -0.256. The summed E-state index contributed by atoms with van der Waals surface area (Å²) in [6.45, 7) is 1.24. The van der Waals surface area contributed by atoms with Crippen LogP contribution in [0.5, 0.6) is 17.2 Å². The van der Waals surface area contributed by atoms with Gasteiger partial charge in [0.2, 0.25) is 5.91 Å². The van der Waals surface area contributed by atoms with Gasteiger partial charge in [-0.3, -0.25) is 9.78 Å². The highest BCUT2D eigenvalue weighted by molar-refractivity contribution is 5.78. The van der Waals surface area contributed by atoms with E-state index in [2.05, 4.69) is 10.3 Å². The molecule has 0 saturated carbocycles. The first-order valence-corrected chi connectivity index (χ1v) is 9.52. The number of pyridine rings is 1. The number of hydrogen-bond acceptors (Lipinski definition) is 5. The molecule has 1 aliphatic heterocycles. The Morgan fingerprint density at radius 2 is 1.86 bits per heavy atom. The van der Waals surface area contributed by atoms with Crippen LogP contribution in [-0.4, -0.2) is 30.1 Å². The van der Waals surface area contributed by atoms with Crippen molar-refractivity contribution in [2.45, 2.75) is 19.1 Å². The van der Waals surface area contributed by atoms with Crippen molar-refractivity contribution >= 4 is 5.91 Å². The van der Waals surface area contributed by atoms with Gasteiger partial charge in [-0.1, -0.05) is 30.3 Å². The van der Waals surface area contributed by atoms with Crippen LogP contribution in [0.25, 0.3) is 0 Å². The van der Waals surface area contributed by atoms with E-state index in [1.807, 2.05) is 60.7 Å². The molecule has 148 valence electrons. The molecule has 0 aliphatic carbocycles. The second kappa shape index (κ2) is 9.10. The van der Waals surface area contributed by atoms with Crippen LogP contribution in [0.3, 0.4) is 0 Å². The second-order valence-electron chi connectivity index (χ2n) is 6.77. The van der Waals surface area contributed by atoms with Gasteiger partial charge in [-0.05, 0) is 35.4 Å². The van der Waals surface area contributed by atoms with E-state index in [9.17, 15) is 4.79 Å². The highest BCUT2D eigenvalue weighted by atomic mass is 16.6. The average Bonchev–Trinajstić information content (AvgIpc) is 2.77. The zero-order valence-electron chi connectivity index (χ0n) is 15.9. The number of benzene rings is 2. The summed E-state index contributed by atoms with van der Waals surface area (Å²) in [4.78, 5) is 16.1. The first-order valence-electron chi connectivity index (χ1n) is 9.52. The van der Waals surface area contributed by atoms with E-state index in [1.165, 1.54) is 0 Å². The van der Waals surface area contributed by atoms with Crippen molar-refractivity contribution in [2.24, 2.45) is 0 Å². The Kier molecular flexibility index (Phi) is 5.90. The fourth-order valence-electron chi connectivity index (χ4n) is 3.00. The number of carbonyl (C=O) groups excluding carboxylic acids is 1. The monoisotopic (exact) mass is 390 g/mol. The number of amides is 1. The molecule has 0 bridgehead atoms. The quantitative estimate of drug-likeness (QED) is 0.671. The van der Waals surface area contributed by atoms with Gasteiger partial charge in [-0.25, -0.2) is 0 Å². The van der Waals surface area contributed by atoms with Gasteiger partial charge in [0.05, 0.1) is 13.0 Å². The van der Waals surface area contributed by atoms with Crippen LogP contribution in [-0.2, 0) is 17.8 Å². The molecule has 0 spiro atoms. The van der Waals surface area contributed by atoms with Crippen molar-refractivity contribution in [1.29, 1.82) is 0 Å². The molecular formula is C23H22N2O4. The summed E-state index contributed by atoms with van der Waals surface area (Å²) in [7, 11) is 0. The third kappa shape index (κ3) is 5.25. The largest absolute Gasteiger partial charge is 0.489 e. The lowest BCUT2D eigenvalue weighted by Gasteiger charge is -2.27. The molecule has 4 rings (SSSR count). The fourth-order valence-corrected chi connectivity index (χ4v) is 3.00. The molecule has 1 atom stereocenters. The second-order valence-corrected chi connectivity index (χ2v) is 6.77. The predicted molar refractivity (Wildman–Crippen MR) is 108 cm³/mol. The van der Waals surface area contributed by atoms with Gasteiger partial charge in [0.1, 0.15) is 25.1 Å². The van der Waals surface area contributed by atoms with Crippen LogP contribution in [0.2, 0.25) is 0 Å². The number of hydrogen-bond donors (Lipinski definition) is 1. The van der Waals surface area contributed by atoms with Crippen LogP contribution in [0.4, 0.5) is 0 Å². The minimum absolute atomic E-state index is 0.0643. The first-order chi connectivity index (χ1) is 14.3. The van der Waals surface area contributed by atoms with Crippen LogP contribution < -0.4 is 19.5 Å². The Morgan fingerprint density at radius 1 is 1.03 bits per heavy atom. The topological polar surface area (TPSA) is 69.7 Å². The maximum Gasteiger partial charge on any atom is 0.224 e. The lowest BCUT2D eigenvalue weighted by atomic mass is 10.2. The molecule has 6 nitrogen and oxygen atoms in total. The zero-order valence-corrected chi connectivity index (χ0v) is 15.9. The highest BCUT2D eigenvalue weighted by Crippen LogP contribution is 2.35. The summed E-state index contributed by atoms with van der Waals surface area (Å²) in [6, 6.07) is 19.2. The van der Waals surface area contributed by atoms with Crippen LogP contribution >= 0.6 is 0 Å². The maximum atomic E-state index is 12.1. The molecule has 2 heterocycles. The third-order valence-electron chi connectivity index (χ3n) is 4.52. The van der Waals surface area contributed by atoms with E-state index in [-0.39, 0.29) is 12.0 Å². The van der Waals surface area contributed by atoms with Crippen molar-refractivity contribution in [3.63, 3.8) is 0 Å². The van der Waals surface area contributed by atoms with Gasteiger partial charge >= 0.3 is 0 Å². The third-order valence-corrected chi connectivity index (χ3v) is 4.52. The molecule has 0 fully saturated rings. The molecule has 1 aromatic heterocycles. The summed E-state index contributed by atoms with van der Waals surface area (Å²) in [5.74, 6) is 1.94. The number of aromatic nitrogens is 1. The zero-order chi connectivity index (χ0) is 19.9. The van der Waals surface area contributed by atoms with E-state index < -0.39 is 0 Å². The Hall–Kier alpha value is -3.54. The number of nitrogens with one attached hydrogen (secondary N) is 1. The van der Waals surface area contributed by atoms with Crippen molar-refractivity contribution < 1.29 is 19.0 Å². The van der Waals surface area contributed by atoms with Gasteiger partial charge in [-0.15, -0.1) is 0 Å². The minimum Gasteiger partial charge on any atom is -0.489 e. The normalized spacial score (nSPS) is 14.8. The number of nitrogens with zero attached hydrogens (tertiary/aromatic N) is 1. The molecule has 1 unspecified atom stereocenters. The van der Waals surface area contributed by atoms with E-state index in [1.54, 1.807) is 12.4 Å². The van der Waals surface area contributed by atoms with Crippen LogP contribution in [0.1, 0.15) is 11.1 Å². The molecule has 6 heteroatoms. The Balaban J connectivity index is 1.29. The number of ether oxygens (including phenoxy) is 3. The molecule has 2 aromatic carbocycles. The van der Waals surface area contributed by atoms with E-state index >= 15 is 0 Å². The molecule has 1 N–H and O–H groups in total. The lowest BCUT2D eigenvalue weighted by Crippen LogP contribution is -2.41. The summed E-state index contributed by atoms with van der Waals surface area (Å²) >= 11 is 0. The molecule has 1 aliphatic rings. The number of rotatable bonds is 7. The van der Waals surface area contributed by atoms with E-state index in [0.29, 0.717) is 43.4 Å². The van der Waals surface area contributed by atoms with E-state index in [4.69, 9.17) is 14.2 Å². The summed E-state index contributed by atoms with van der Waals surface area (Å²) in [5.41, 5.74) is 2.01. The summed E-state index contributed by atoms with van der Waals surface area (Å²) < 4.78 is 17.6. The predicted octanol–water partition coefficient (Wildman–Crippen LogP) is 3.16. The van der Waals surface area contributed by atoms with E-state index in [0.717, 1.165) is 11.1 Å². The van der Waals surface area contributed by atoms with Crippen molar-refractivity contribution in [3.8, 4) is 17.2 Å². The molecule has 0 saturated heterocycles. The Bertz CT molecular complexity index is 948. The average molecular weight is 390 g/mol. The molecule has 1 amide bonds. The molecule has 29 heavy (non-hydrogen) atoms. The van der Waals surface area contributed by atoms with Crippen molar-refractivity contribution in [2.75, 3.05) is 13.2 Å². The standard InChI is InChI=1S/C23H22N2O4/c26-23(12-17-8-10-24-11-9-17)25-14-20-16-28-21-7-6-19(13-22(21)29-20)27-15-18-4-2-1-3-5-18/h1-11,13,20H,12,14-16H2,(H,25,26). The summed E-state index contributed by atoms with van der Waals surface area (Å²) in [6.07, 6.45) is 3.40.